The molecule has 13 heteroatoms. The van der Waals surface area contributed by atoms with Crippen molar-refractivity contribution in [3.8, 4) is 5.75 Å². The van der Waals surface area contributed by atoms with Crippen LogP contribution < -0.4 is 10.1 Å². The molecule has 0 spiro atoms. The average molecular weight is 713 g/mol. The van der Waals surface area contributed by atoms with Crippen molar-refractivity contribution >= 4 is 28.8 Å². The molecule has 2 fully saturated rings. The number of hydrogen-bond donors (Lipinski definition) is 1. The lowest BCUT2D eigenvalue weighted by Gasteiger charge is -2.39. The van der Waals surface area contributed by atoms with Crippen molar-refractivity contribution in [3.63, 3.8) is 0 Å². The summed E-state index contributed by atoms with van der Waals surface area (Å²) in [6.45, 7) is 7.72. The van der Waals surface area contributed by atoms with E-state index in [-0.39, 0.29) is 74.0 Å². The molecule has 1 saturated heterocycles. The normalized spacial score (nSPS) is 16.3. The Hall–Kier alpha value is -4.23. The monoisotopic (exact) mass is 712 g/mol. The zero-order valence-electron chi connectivity index (χ0n) is 30.1. The molecule has 2 heterocycles. The van der Waals surface area contributed by atoms with Gasteiger partial charge in [0.2, 0.25) is 5.91 Å². The Kier molecular flexibility index (Phi) is 12.9. The number of piperazine rings is 1. The van der Waals surface area contributed by atoms with Crippen molar-refractivity contribution in [1.29, 1.82) is 0 Å². The molecule has 1 aliphatic heterocycles. The van der Waals surface area contributed by atoms with Gasteiger partial charge < -0.3 is 38.6 Å². The fourth-order valence-electron chi connectivity index (χ4n) is 6.73. The highest BCUT2D eigenvalue weighted by atomic mass is 19.2. The molecular formula is C38H50F2N4O7. The van der Waals surface area contributed by atoms with Gasteiger partial charge in [0.05, 0.1) is 31.9 Å². The molecule has 1 aliphatic carbocycles. The Morgan fingerprint density at radius 3 is 2.18 bits per heavy atom. The van der Waals surface area contributed by atoms with Crippen molar-refractivity contribution < 1.29 is 42.1 Å². The summed E-state index contributed by atoms with van der Waals surface area (Å²) in [5.41, 5.74) is 0.805. The molecule has 2 aliphatic rings. The first-order valence-corrected chi connectivity index (χ1v) is 17.8. The molecule has 11 nitrogen and oxygen atoms in total. The van der Waals surface area contributed by atoms with E-state index in [1.165, 1.54) is 4.57 Å². The van der Waals surface area contributed by atoms with Gasteiger partial charge in [-0.1, -0.05) is 49.6 Å². The number of nitrogens with one attached hydrogen (secondary N) is 1. The van der Waals surface area contributed by atoms with E-state index in [0.29, 0.717) is 25.3 Å². The number of aryl methyl sites for hydroxylation is 1. The Bertz CT molecular complexity index is 1650. The molecule has 51 heavy (non-hydrogen) atoms. The average Bonchev–Trinajstić information content (AvgIpc) is 3.37. The van der Waals surface area contributed by atoms with E-state index in [2.05, 4.69) is 5.32 Å². The van der Waals surface area contributed by atoms with Gasteiger partial charge in [0.25, 0.3) is 5.91 Å². The van der Waals surface area contributed by atoms with Gasteiger partial charge >= 0.3 is 6.09 Å². The minimum atomic E-state index is -1.05. The number of carbonyl (C=O) groups is 3. The summed E-state index contributed by atoms with van der Waals surface area (Å²) < 4.78 is 53.1. The topological polar surface area (TPSA) is 112 Å². The molecule has 1 N–H and O–H groups in total. The smallest absolute Gasteiger partial charge is 0.408 e. The van der Waals surface area contributed by atoms with E-state index in [1.54, 1.807) is 37.6 Å². The lowest BCUT2D eigenvalue weighted by atomic mass is 9.83. The fraction of sp³-hybridized carbons (Fsp3) is 0.553. The Morgan fingerprint density at radius 2 is 1.49 bits per heavy atom. The van der Waals surface area contributed by atoms with E-state index in [9.17, 15) is 23.2 Å². The maximum Gasteiger partial charge on any atom is 0.408 e. The van der Waals surface area contributed by atoms with Crippen LogP contribution in [0.5, 0.6) is 5.75 Å². The highest BCUT2D eigenvalue weighted by Crippen LogP contribution is 2.35. The van der Waals surface area contributed by atoms with E-state index in [1.807, 2.05) is 30.3 Å². The van der Waals surface area contributed by atoms with Gasteiger partial charge in [-0.2, -0.15) is 0 Å². The SMILES string of the molecule is Cn1c(C(=O)N2CCN(C(=O)[C@@H](NC(=O)OC(C)(C)C)C3CCCCC3)CC2)c(OCCOCCOCc2ccccc2)c2cc(F)c(F)cc21. The first kappa shape index (κ1) is 38.0. The van der Waals surface area contributed by atoms with Crippen LogP contribution in [0, 0.1) is 17.6 Å². The molecule has 0 radical (unpaired) electrons. The van der Waals surface area contributed by atoms with Crippen molar-refractivity contribution in [3.05, 3.63) is 65.4 Å². The van der Waals surface area contributed by atoms with Crippen LogP contribution in [0.25, 0.3) is 10.9 Å². The van der Waals surface area contributed by atoms with Crippen LogP contribution in [-0.4, -0.2) is 96.5 Å². The van der Waals surface area contributed by atoms with Gasteiger partial charge in [-0.15, -0.1) is 0 Å². The molecule has 5 rings (SSSR count). The minimum Gasteiger partial charge on any atom is -0.488 e. The molecule has 1 aromatic heterocycles. The number of rotatable bonds is 13. The third-order valence-corrected chi connectivity index (χ3v) is 9.29. The highest BCUT2D eigenvalue weighted by molar-refractivity contribution is 6.04. The second kappa shape index (κ2) is 17.3. The lowest BCUT2D eigenvalue weighted by molar-refractivity contribution is -0.136. The second-order valence-corrected chi connectivity index (χ2v) is 14.2. The summed E-state index contributed by atoms with van der Waals surface area (Å²) in [6, 6.07) is 11.2. The second-order valence-electron chi connectivity index (χ2n) is 14.2. The van der Waals surface area contributed by atoms with Crippen LogP contribution in [0.3, 0.4) is 0 Å². The summed E-state index contributed by atoms with van der Waals surface area (Å²) >= 11 is 0. The number of carbonyl (C=O) groups excluding carboxylic acids is 3. The fourth-order valence-corrected chi connectivity index (χ4v) is 6.73. The van der Waals surface area contributed by atoms with Crippen LogP contribution in [-0.2, 0) is 32.7 Å². The zero-order valence-corrected chi connectivity index (χ0v) is 30.1. The highest BCUT2D eigenvalue weighted by Gasteiger charge is 2.37. The molecule has 3 aromatic rings. The molecule has 3 amide bonds. The van der Waals surface area contributed by atoms with Crippen molar-refractivity contribution in [2.75, 3.05) is 52.6 Å². The number of amides is 3. The largest absolute Gasteiger partial charge is 0.488 e. The molecule has 278 valence electrons. The number of hydrogen-bond acceptors (Lipinski definition) is 7. The van der Waals surface area contributed by atoms with E-state index in [4.69, 9.17) is 18.9 Å². The van der Waals surface area contributed by atoms with Crippen LogP contribution >= 0.6 is 0 Å². The Morgan fingerprint density at radius 1 is 0.863 bits per heavy atom. The van der Waals surface area contributed by atoms with Crippen molar-refractivity contribution in [1.82, 2.24) is 19.7 Å². The van der Waals surface area contributed by atoms with Crippen LogP contribution in [0.2, 0.25) is 0 Å². The van der Waals surface area contributed by atoms with Crippen LogP contribution in [0.1, 0.15) is 68.9 Å². The lowest BCUT2D eigenvalue weighted by Crippen LogP contribution is -2.58. The summed E-state index contributed by atoms with van der Waals surface area (Å²) in [6.07, 6.45) is 4.13. The molecule has 1 atom stereocenters. The number of ether oxygens (including phenoxy) is 4. The third kappa shape index (κ3) is 9.97. The molecule has 1 saturated carbocycles. The van der Waals surface area contributed by atoms with E-state index >= 15 is 0 Å². The summed E-state index contributed by atoms with van der Waals surface area (Å²) in [4.78, 5) is 44.0. The standard InChI is InChI=1S/C38H50F2N4O7/c1-38(2,3)51-37(47)41-32(27-13-9-6-10-14-27)35(45)43-15-17-44(18-16-43)36(46)33-34(28-23-29(39)30(40)24-31(28)42(33)4)50-22-21-48-19-20-49-25-26-11-7-5-8-12-26/h5,7-8,11-12,23-24,27,32H,6,9-10,13-22,25H2,1-4H3,(H,41,47)/t32-/m0/s1. The molecule has 0 unspecified atom stereocenters. The first-order valence-electron chi connectivity index (χ1n) is 17.8. The minimum absolute atomic E-state index is 0.000482. The van der Waals surface area contributed by atoms with Crippen LogP contribution in [0.15, 0.2) is 42.5 Å². The summed E-state index contributed by atoms with van der Waals surface area (Å²) in [7, 11) is 1.61. The molecular weight excluding hydrogens is 662 g/mol. The number of fused-ring (bicyclic) bond motifs is 1. The van der Waals surface area contributed by atoms with Gasteiger partial charge in [0.1, 0.15) is 18.2 Å². The summed E-state index contributed by atoms with van der Waals surface area (Å²) in [5.74, 6) is -2.53. The number of benzene rings is 2. The molecule has 0 bridgehead atoms. The van der Waals surface area contributed by atoms with Gasteiger partial charge in [-0.25, -0.2) is 13.6 Å². The maximum atomic E-state index is 14.4. The van der Waals surface area contributed by atoms with E-state index < -0.39 is 29.4 Å². The Balaban J connectivity index is 1.22. The predicted octanol–water partition coefficient (Wildman–Crippen LogP) is 5.83. The van der Waals surface area contributed by atoms with E-state index in [0.717, 1.165) is 49.8 Å². The van der Waals surface area contributed by atoms with Gasteiger partial charge in [-0.3, -0.25) is 9.59 Å². The maximum absolute atomic E-state index is 14.4. The van der Waals surface area contributed by atoms with Gasteiger partial charge in [0.15, 0.2) is 23.1 Å². The van der Waals surface area contributed by atoms with Crippen LogP contribution in [0.4, 0.5) is 13.6 Å². The first-order chi connectivity index (χ1) is 24.4. The van der Waals surface area contributed by atoms with Crippen molar-refractivity contribution in [2.24, 2.45) is 13.0 Å². The third-order valence-electron chi connectivity index (χ3n) is 9.29. The number of alkyl carbamates (subject to hydrolysis) is 1. The zero-order chi connectivity index (χ0) is 36.5. The number of aromatic nitrogens is 1. The molecule has 2 aromatic carbocycles. The number of halogens is 2. The quantitative estimate of drug-likeness (QED) is 0.222. The van der Waals surface area contributed by atoms with Crippen molar-refractivity contribution in [2.45, 2.75) is 71.1 Å². The summed E-state index contributed by atoms with van der Waals surface area (Å²) in [5, 5.41) is 3.12. The van der Waals surface area contributed by atoms with Gasteiger partial charge in [-0.05, 0) is 51.2 Å². The Labute approximate surface area is 298 Å². The predicted molar refractivity (Wildman–Crippen MR) is 187 cm³/mol. The van der Waals surface area contributed by atoms with Gasteiger partial charge in [0, 0.05) is 44.7 Å². The number of nitrogens with zero attached hydrogens (tertiary/aromatic N) is 3.